The molecule has 25 heavy (non-hydrogen) atoms. The van der Waals surface area contributed by atoms with Crippen LogP contribution >= 0.6 is 12.2 Å². The van der Waals surface area contributed by atoms with Crippen LogP contribution in [-0.4, -0.2) is 40.6 Å². The Kier molecular flexibility index (Phi) is 4.41. The number of methoxy groups -OCH3 is 1. The van der Waals surface area contributed by atoms with Gasteiger partial charge in [-0.05, 0) is 61.6 Å². The number of nitrogens with one attached hydrogen (secondary N) is 1. The van der Waals surface area contributed by atoms with Gasteiger partial charge in [-0.2, -0.15) is 0 Å². The first-order chi connectivity index (χ1) is 11.9. The molecule has 3 rings (SSSR count). The van der Waals surface area contributed by atoms with E-state index in [1.54, 1.807) is 13.2 Å². The summed E-state index contributed by atoms with van der Waals surface area (Å²) in [4.78, 5) is 25.8. The Labute approximate surface area is 150 Å². The molecular weight excluding hydrogens is 338 g/mol. The van der Waals surface area contributed by atoms with Crippen molar-refractivity contribution in [1.82, 2.24) is 14.8 Å². The number of ether oxygens (including phenoxy) is 1. The molecular formula is C18H17N3O3S. The number of amides is 2. The van der Waals surface area contributed by atoms with Crippen LogP contribution in [0.4, 0.5) is 0 Å². The third-order valence-corrected chi connectivity index (χ3v) is 4.41. The van der Waals surface area contributed by atoms with Gasteiger partial charge in [0.05, 0.1) is 7.11 Å². The minimum Gasteiger partial charge on any atom is -0.497 e. The number of aryl methyl sites for hydroxylation is 1. The fourth-order valence-electron chi connectivity index (χ4n) is 2.65. The number of carbonyl (C=O) groups is 2. The van der Waals surface area contributed by atoms with E-state index >= 15 is 0 Å². The Balaban J connectivity index is 2.05. The van der Waals surface area contributed by atoms with Crippen molar-refractivity contribution in [2.24, 2.45) is 0 Å². The molecule has 0 saturated carbocycles. The molecule has 0 radical (unpaired) electrons. The molecule has 6 nitrogen and oxygen atoms in total. The lowest BCUT2D eigenvalue weighted by atomic mass is 10.1. The number of hydrogen-bond acceptors (Lipinski definition) is 4. The highest BCUT2D eigenvalue weighted by Gasteiger charge is 2.31. The second kappa shape index (κ2) is 6.52. The number of hydrogen-bond donors (Lipinski definition) is 1. The molecule has 0 aliphatic carbocycles. The molecule has 2 heterocycles. The predicted molar refractivity (Wildman–Crippen MR) is 98.5 cm³/mol. The summed E-state index contributed by atoms with van der Waals surface area (Å²) in [6, 6.07) is 11.3. The van der Waals surface area contributed by atoms with Gasteiger partial charge in [-0.3, -0.25) is 19.8 Å². The van der Waals surface area contributed by atoms with Crippen molar-refractivity contribution in [3.63, 3.8) is 0 Å². The summed E-state index contributed by atoms with van der Waals surface area (Å²) in [6.07, 6.45) is 1.58. The lowest BCUT2D eigenvalue weighted by Gasteiger charge is -2.25. The number of benzene rings is 1. The Bertz CT molecular complexity index is 897. The monoisotopic (exact) mass is 355 g/mol. The highest BCUT2D eigenvalue weighted by molar-refractivity contribution is 7.80. The summed E-state index contributed by atoms with van der Waals surface area (Å²) in [5, 5.41) is 2.62. The van der Waals surface area contributed by atoms with Crippen LogP contribution < -0.4 is 10.1 Å². The minimum atomic E-state index is -0.492. The molecule has 128 valence electrons. The maximum atomic E-state index is 12.4. The van der Waals surface area contributed by atoms with Crippen LogP contribution in [0.1, 0.15) is 11.4 Å². The molecule has 0 unspecified atom stereocenters. The summed E-state index contributed by atoms with van der Waals surface area (Å²) in [6.45, 7) is 1.95. The van der Waals surface area contributed by atoms with E-state index in [1.807, 2.05) is 47.9 Å². The van der Waals surface area contributed by atoms with Gasteiger partial charge in [-0.25, -0.2) is 0 Å². The fraction of sp³-hybridized carbons (Fsp3) is 0.167. The standard InChI is InChI=1S/C18H17N3O3S/c1-11-4-5-13(21(11)12-6-8-14(24-3)9-7-12)10-15-16(22)19-18(25)20(2)17(15)23/h4-10H,1-3H3,(H,19,22,25)/b15-10+. The SMILES string of the molecule is COc1ccc(-n2c(C)ccc2/C=C2\C(=O)NC(=S)N(C)C2=O)cc1. The first-order valence-corrected chi connectivity index (χ1v) is 8.01. The van der Waals surface area contributed by atoms with Gasteiger partial charge in [0.1, 0.15) is 11.3 Å². The molecule has 0 spiro atoms. The van der Waals surface area contributed by atoms with Crippen LogP contribution in [0, 0.1) is 6.92 Å². The zero-order chi connectivity index (χ0) is 18.1. The van der Waals surface area contributed by atoms with Crippen molar-refractivity contribution in [3.8, 4) is 11.4 Å². The van der Waals surface area contributed by atoms with Gasteiger partial charge in [0.25, 0.3) is 11.8 Å². The molecule has 0 bridgehead atoms. The maximum Gasteiger partial charge on any atom is 0.265 e. The van der Waals surface area contributed by atoms with E-state index in [0.29, 0.717) is 0 Å². The van der Waals surface area contributed by atoms with Gasteiger partial charge >= 0.3 is 0 Å². The molecule has 1 fully saturated rings. The van der Waals surface area contributed by atoms with Crippen molar-refractivity contribution >= 4 is 35.2 Å². The minimum absolute atomic E-state index is 0.0453. The molecule has 7 heteroatoms. The average Bonchev–Trinajstić information content (AvgIpc) is 2.97. The molecule has 1 aromatic heterocycles. The van der Waals surface area contributed by atoms with Crippen LogP contribution in [-0.2, 0) is 9.59 Å². The van der Waals surface area contributed by atoms with Gasteiger partial charge in [-0.15, -0.1) is 0 Å². The van der Waals surface area contributed by atoms with Crippen LogP contribution in [0.25, 0.3) is 11.8 Å². The summed E-state index contributed by atoms with van der Waals surface area (Å²) in [7, 11) is 3.14. The van der Waals surface area contributed by atoms with Crippen LogP contribution in [0.3, 0.4) is 0 Å². The number of rotatable bonds is 3. The fourth-order valence-corrected chi connectivity index (χ4v) is 2.82. The number of likely N-dealkylation sites (N-methyl/N-ethyl adjacent to an activating group) is 1. The largest absolute Gasteiger partial charge is 0.497 e. The maximum absolute atomic E-state index is 12.4. The predicted octanol–water partition coefficient (Wildman–Crippen LogP) is 2.05. The summed E-state index contributed by atoms with van der Waals surface area (Å²) >= 11 is 4.96. The lowest BCUT2D eigenvalue weighted by molar-refractivity contribution is -0.128. The van der Waals surface area contributed by atoms with E-state index in [4.69, 9.17) is 17.0 Å². The van der Waals surface area contributed by atoms with Gasteiger partial charge < -0.3 is 9.30 Å². The van der Waals surface area contributed by atoms with E-state index in [1.165, 1.54) is 11.9 Å². The van der Waals surface area contributed by atoms with E-state index in [0.717, 1.165) is 22.8 Å². The molecule has 1 aliphatic heterocycles. The normalized spacial score (nSPS) is 16.4. The Morgan fingerprint density at radius 1 is 1.12 bits per heavy atom. The molecule has 1 aromatic carbocycles. The van der Waals surface area contributed by atoms with Crippen molar-refractivity contribution in [3.05, 3.63) is 53.4 Å². The molecule has 0 atom stereocenters. The first-order valence-electron chi connectivity index (χ1n) is 7.60. The highest BCUT2D eigenvalue weighted by Crippen LogP contribution is 2.22. The Hall–Kier alpha value is -2.93. The summed E-state index contributed by atoms with van der Waals surface area (Å²) in [5.74, 6) is -0.160. The summed E-state index contributed by atoms with van der Waals surface area (Å²) < 4.78 is 7.14. The third-order valence-electron chi connectivity index (χ3n) is 4.03. The van der Waals surface area contributed by atoms with E-state index in [-0.39, 0.29) is 10.7 Å². The van der Waals surface area contributed by atoms with Crippen LogP contribution in [0.15, 0.2) is 42.0 Å². The van der Waals surface area contributed by atoms with Crippen LogP contribution in [0.5, 0.6) is 5.75 Å². The first kappa shape index (κ1) is 16.9. The van der Waals surface area contributed by atoms with Gasteiger partial charge in [-0.1, -0.05) is 0 Å². The van der Waals surface area contributed by atoms with Crippen molar-refractivity contribution in [1.29, 1.82) is 0 Å². The number of carbonyl (C=O) groups excluding carboxylic acids is 2. The van der Waals surface area contributed by atoms with Gasteiger partial charge in [0.15, 0.2) is 5.11 Å². The zero-order valence-electron chi connectivity index (χ0n) is 14.1. The second-order valence-corrected chi connectivity index (χ2v) is 6.00. The van der Waals surface area contributed by atoms with Crippen LogP contribution in [0.2, 0.25) is 0 Å². The zero-order valence-corrected chi connectivity index (χ0v) is 14.9. The average molecular weight is 355 g/mol. The number of thiocarbonyl (C=S) groups is 1. The van der Waals surface area contributed by atoms with Crippen molar-refractivity contribution < 1.29 is 14.3 Å². The van der Waals surface area contributed by atoms with Crippen molar-refractivity contribution in [2.45, 2.75) is 6.92 Å². The Morgan fingerprint density at radius 2 is 1.80 bits per heavy atom. The van der Waals surface area contributed by atoms with E-state index in [9.17, 15) is 9.59 Å². The molecule has 1 N–H and O–H groups in total. The molecule has 2 amide bonds. The molecule has 1 saturated heterocycles. The lowest BCUT2D eigenvalue weighted by Crippen LogP contribution is -2.52. The second-order valence-electron chi connectivity index (χ2n) is 5.61. The highest BCUT2D eigenvalue weighted by atomic mass is 32.1. The quantitative estimate of drug-likeness (QED) is 0.520. The topological polar surface area (TPSA) is 63.6 Å². The van der Waals surface area contributed by atoms with E-state index < -0.39 is 11.8 Å². The Morgan fingerprint density at radius 3 is 2.44 bits per heavy atom. The van der Waals surface area contributed by atoms with Gasteiger partial charge in [0, 0.05) is 24.1 Å². The number of nitrogens with zero attached hydrogens (tertiary/aromatic N) is 2. The van der Waals surface area contributed by atoms with Gasteiger partial charge in [0.2, 0.25) is 0 Å². The number of aromatic nitrogens is 1. The molecule has 1 aliphatic rings. The van der Waals surface area contributed by atoms with Crippen molar-refractivity contribution in [2.75, 3.05) is 14.2 Å². The summed E-state index contributed by atoms with van der Waals surface area (Å²) in [5.41, 5.74) is 2.65. The molecule has 2 aromatic rings. The smallest absolute Gasteiger partial charge is 0.265 e. The third kappa shape index (κ3) is 3.06. The van der Waals surface area contributed by atoms with E-state index in [2.05, 4.69) is 5.32 Å².